The first-order chi connectivity index (χ1) is 11.1. The summed E-state index contributed by atoms with van der Waals surface area (Å²) in [5.74, 6) is -0.870. The SMILES string of the molecule is CCN(CC(=O)Nc1ccc(C(N)=O)cc1)CC(=O)NC(C)(C)C. The number of rotatable bonds is 7. The molecule has 0 aliphatic heterocycles. The number of benzene rings is 1. The van der Waals surface area contributed by atoms with Crippen molar-refractivity contribution in [3.63, 3.8) is 0 Å². The molecule has 3 amide bonds. The zero-order valence-electron chi connectivity index (χ0n) is 14.7. The van der Waals surface area contributed by atoms with Crippen LogP contribution in [0.15, 0.2) is 24.3 Å². The first-order valence-electron chi connectivity index (χ1n) is 7.84. The van der Waals surface area contributed by atoms with Crippen LogP contribution in [0, 0.1) is 0 Å². The number of nitrogens with zero attached hydrogens (tertiary/aromatic N) is 1. The summed E-state index contributed by atoms with van der Waals surface area (Å²) in [6.45, 7) is 8.44. The fourth-order valence-electron chi connectivity index (χ4n) is 2.06. The van der Waals surface area contributed by atoms with E-state index in [9.17, 15) is 14.4 Å². The predicted octanol–water partition coefficient (Wildman–Crippen LogP) is 0.961. The Kier molecular flexibility index (Phi) is 6.91. The Balaban J connectivity index is 2.55. The molecule has 1 aromatic carbocycles. The van der Waals surface area contributed by atoms with Crippen LogP contribution >= 0.6 is 0 Å². The average molecular weight is 334 g/mol. The van der Waals surface area contributed by atoms with Gasteiger partial charge in [0.25, 0.3) is 0 Å². The van der Waals surface area contributed by atoms with E-state index in [1.807, 2.05) is 27.7 Å². The number of primary amides is 1. The molecule has 0 heterocycles. The Morgan fingerprint density at radius 2 is 1.58 bits per heavy atom. The molecular formula is C17H26N4O3. The summed E-state index contributed by atoms with van der Waals surface area (Å²) in [5, 5.41) is 5.60. The van der Waals surface area contributed by atoms with Crippen molar-refractivity contribution >= 4 is 23.4 Å². The van der Waals surface area contributed by atoms with Gasteiger partial charge in [-0.1, -0.05) is 6.92 Å². The molecule has 0 aromatic heterocycles. The lowest BCUT2D eigenvalue weighted by atomic mass is 10.1. The summed E-state index contributed by atoms with van der Waals surface area (Å²) in [7, 11) is 0. The predicted molar refractivity (Wildman–Crippen MR) is 93.6 cm³/mol. The van der Waals surface area contributed by atoms with Crippen molar-refractivity contribution in [2.24, 2.45) is 5.73 Å². The molecule has 0 atom stereocenters. The second kappa shape index (κ2) is 8.44. The molecule has 132 valence electrons. The van der Waals surface area contributed by atoms with Crippen LogP contribution in [0.2, 0.25) is 0 Å². The van der Waals surface area contributed by atoms with Gasteiger partial charge in [0.15, 0.2) is 0 Å². The maximum atomic E-state index is 12.1. The Morgan fingerprint density at radius 3 is 2.04 bits per heavy atom. The molecule has 7 heteroatoms. The van der Waals surface area contributed by atoms with E-state index in [4.69, 9.17) is 5.73 Å². The first kappa shape index (κ1) is 19.6. The van der Waals surface area contributed by atoms with Gasteiger partial charge in [0, 0.05) is 16.8 Å². The molecule has 1 aromatic rings. The van der Waals surface area contributed by atoms with Crippen molar-refractivity contribution in [1.82, 2.24) is 10.2 Å². The molecule has 0 aliphatic rings. The molecule has 0 aliphatic carbocycles. The second-order valence-corrected chi connectivity index (χ2v) is 6.59. The van der Waals surface area contributed by atoms with Gasteiger partial charge in [0.1, 0.15) is 0 Å². The Morgan fingerprint density at radius 1 is 1.04 bits per heavy atom. The van der Waals surface area contributed by atoms with Crippen molar-refractivity contribution in [3.05, 3.63) is 29.8 Å². The van der Waals surface area contributed by atoms with E-state index in [2.05, 4.69) is 10.6 Å². The third-order valence-corrected chi connectivity index (χ3v) is 3.15. The standard InChI is InChI=1S/C17H26N4O3/c1-5-21(11-15(23)20-17(2,3)4)10-14(22)19-13-8-6-12(7-9-13)16(18)24/h6-9H,5,10-11H2,1-4H3,(H2,18,24)(H,19,22)(H,20,23). The molecule has 1 rings (SSSR count). The van der Waals surface area contributed by atoms with Gasteiger partial charge in [0.05, 0.1) is 13.1 Å². The number of amides is 3. The number of hydrogen-bond donors (Lipinski definition) is 3. The van der Waals surface area contributed by atoms with Crippen molar-refractivity contribution in [2.45, 2.75) is 33.2 Å². The number of likely N-dealkylation sites (N-methyl/N-ethyl adjacent to an activating group) is 1. The molecule has 4 N–H and O–H groups in total. The number of anilines is 1. The molecule has 0 fully saturated rings. The molecule has 24 heavy (non-hydrogen) atoms. The highest BCUT2D eigenvalue weighted by molar-refractivity contribution is 5.95. The van der Waals surface area contributed by atoms with Crippen molar-refractivity contribution in [3.8, 4) is 0 Å². The highest BCUT2D eigenvalue weighted by Crippen LogP contribution is 2.09. The van der Waals surface area contributed by atoms with Crippen LogP contribution in [0.1, 0.15) is 38.1 Å². The summed E-state index contributed by atoms with van der Waals surface area (Å²) in [6, 6.07) is 6.32. The van der Waals surface area contributed by atoms with E-state index in [1.54, 1.807) is 29.2 Å². The average Bonchev–Trinajstić information content (AvgIpc) is 2.44. The Labute approximate surface area is 142 Å². The highest BCUT2D eigenvalue weighted by atomic mass is 16.2. The van der Waals surface area contributed by atoms with Gasteiger partial charge in [-0.3, -0.25) is 19.3 Å². The zero-order chi connectivity index (χ0) is 18.3. The molecule has 0 spiro atoms. The van der Waals surface area contributed by atoms with Crippen molar-refractivity contribution < 1.29 is 14.4 Å². The number of carbonyl (C=O) groups excluding carboxylic acids is 3. The summed E-state index contributed by atoms with van der Waals surface area (Å²) in [6.07, 6.45) is 0. The molecule has 0 saturated heterocycles. The van der Waals surface area contributed by atoms with E-state index in [1.165, 1.54) is 0 Å². The summed E-state index contributed by atoms with van der Waals surface area (Å²) < 4.78 is 0. The Hall–Kier alpha value is -2.41. The molecule has 0 unspecified atom stereocenters. The lowest BCUT2D eigenvalue weighted by Gasteiger charge is -2.24. The molecule has 0 radical (unpaired) electrons. The number of nitrogens with two attached hydrogens (primary N) is 1. The van der Waals surface area contributed by atoms with Crippen LogP contribution in [0.4, 0.5) is 5.69 Å². The number of hydrogen-bond acceptors (Lipinski definition) is 4. The topological polar surface area (TPSA) is 105 Å². The van der Waals surface area contributed by atoms with E-state index in [0.717, 1.165) is 0 Å². The van der Waals surface area contributed by atoms with Crippen molar-refractivity contribution in [2.75, 3.05) is 25.0 Å². The minimum Gasteiger partial charge on any atom is -0.366 e. The highest BCUT2D eigenvalue weighted by Gasteiger charge is 2.17. The third kappa shape index (κ3) is 7.23. The maximum absolute atomic E-state index is 12.1. The quantitative estimate of drug-likeness (QED) is 0.691. The van der Waals surface area contributed by atoms with Gasteiger partial charge < -0.3 is 16.4 Å². The van der Waals surface area contributed by atoms with Crippen LogP contribution < -0.4 is 16.4 Å². The van der Waals surface area contributed by atoms with Crippen LogP contribution in [0.5, 0.6) is 0 Å². The number of nitrogens with one attached hydrogen (secondary N) is 2. The normalized spacial score (nSPS) is 11.2. The third-order valence-electron chi connectivity index (χ3n) is 3.15. The molecule has 0 saturated carbocycles. The van der Waals surface area contributed by atoms with Crippen LogP contribution in [0.3, 0.4) is 0 Å². The monoisotopic (exact) mass is 334 g/mol. The van der Waals surface area contributed by atoms with Crippen LogP contribution in [-0.2, 0) is 9.59 Å². The second-order valence-electron chi connectivity index (χ2n) is 6.59. The van der Waals surface area contributed by atoms with E-state index < -0.39 is 5.91 Å². The summed E-state index contributed by atoms with van der Waals surface area (Å²) in [5.41, 5.74) is 5.81. The summed E-state index contributed by atoms with van der Waals surface area (Å²) >= 11 is 0. The van der Waals surface area contributed by atoms with Gasteiger partial charge in [-0.15, -0.1) is 0 Å². The molecule has 7 nitrogen and oxygen atoms in total. The lowest BCUT2D eigenvalue weighted by molar-refractivity contribution is -0.124. The van der Waals surface area contributed by atoms with Gasteiger partial charge in [-0.25, -0.2) is 0 Å². The van der Waals surface area contributed by atoms with Crippen LogP contribution in [-0.4, -0.2) is 47.8 Å². The van der Waals surface area contributed by atoms with E-state index in [0.29, 0.717) is 17.8 Å². The Bertz CT molecular complexity index is 591. The molecular weight excluding hydrogens is 308 g/mol. The summed E-state index contributed by atoms with van der Waals surface area (Å²) in [4.78, 5) is 36.8. The van der Waals surface area contributed by atoms with E-state index >= 15 is 0 Å². The molecule has 0 bridgehead atoms. The maximum Gasteiger partial charge on any atom is 0.248 e. The largest absolute Gasteiger partial charge is 0.366 e. The fraction of sp³-hybridized carbons (Fsp3) is 0.471. The smallest absolute Gasteiger partial charge is 0.248 e. The zero-order valence-corrected chi connectivity index (χ0v) is 14.7. The van der Waals surface area contributed by atoms with Crippen LogP contribution in [0.25, 0.3) is 0 Å². The van der Waals surface area contributed by atoms with Gasteiger partial charge >= 0.3 is 0 Å². The minimum atomic E-state index is -0.519. The van der Waals surface area contributed by atoms with Gasteiger partial charge in [-0.2, -0.15) is 0 Å². The first-order valence-corrected chi connectivity index (χ1v) is 7.84. The number of carbonyl (C=O) groups is 3. The van der Waals surface area contributed by atoms with E-state index in [-0.39, 0.29) is 30.4 Å². The van der Waals surface area contributed by atoms with Gasteiger partial charge in [0.2, 0.25) is 17.7 Å². The van der Waals surface area contributed by atoms with Crippen molar-refractivity contribution in [1.29, 1.82) is 0 Å². The fourth-order valence-corrected chi connectivity index (χ4v) is 2.06. The van der Waals surface area contributed by atoms with Gasteiger partial charge in [-0.05, 0) is 51.6 Å². The minimum absolute atomic E-state index is 0.103. The lowest BCUT2D eigenvalue weighted by Crippen LogP contribution is -2.47.